The van der Waals surface area contributed by atoms with Crippen LogP contribution in [-0.4, -0.2) is 58.5 Å². The monoisotopic (exact) mass is 344 g/mol. The Hall–Kier alpha value is -2.67. The number of hydrogen-bond donors (Lipinski definition) is 1. The number of rotatable bonds is 3. The highest BCUT2D eigenvalue weighted by atomic mass is 16.5. The number of amides is 2. The van der Waals surface area contributed by atoms with Gasteiger partial charge in [-0.25, -0.2) is 4.79 Å². The van der Waals surface area contributed by atoms with Crippen molar-refractivity contribution in [3.05, 3.63) is 41.6 Å². The average Bonchev–Trinajstić information content (AvgIpc) is 2.61. The normalized spacial score (nSPS) is 22.4. The summed E-state index contributed by atoms with van der Waals surface area (Å²) in [7, 11) is 0. The van der Waals surface area contributed by atoms with Gasteiger partial charge in [-0.3, -0.25) is 9.59 Å². The molecule has 1 aromatic rings. The van der Waals surface area contributed by atoms with E-state index in [0.29, 0.717) is 6.61 Å². The van der Waals surface area contributed by atoms with Crippen LogP contribution in [0.15, 0.2) is 30.5 Å². The van der Waals surface area contributed by atoms with Crippen molar-refractivity contribution in [3.63, 3.8) is 0 Å². The molecule has 2 aliphatic rings. The number of aliphatic carboxylic acids is 1. The zero-order valence-corrected chi connectivity index (χ0v) is 13.9. The van der Waals surface area contributed by atoms with Crippen molar-refractivity contribution in [2.45, 2.75) is 25.4 Å². The summed E-state index contributed by atoms with van der Waals surface area (Å²) in [6.07, 6.45) is 3.55. The molecule has 0 saturated carbocycles. The Morgan fingerprint density at radius 1 is 1.28 bits per heavy atom. The largest absolute Gasteiger partial charge is 0.480 e. The van der Waals surface area contributed by atoms with Gasteiger partial charge in [-0.05, 0) is 17.2 Å². The average molecular weight is 344 g/mol. The number of nitrogens with zero attached hydrogens (tertiary/aromatic N) is 2. The molecule has 1 aromatic carbocycles. The highest BCUT2D eigenvalue weighted by molar-refractivity contribution is 5.86. The molecule has 0 bridgehead atoms. The Bertz CT molecular complexity index is 730. The second kappa shape index (κ2) is 7.06. The zero-order valence-electron chi connectivity index (χ0n) is 13.9. The van der Waals surface area contributed by atoms with Crippen LogP contribution < -0.4 is 0 Å². The summed E-state index contributed by atoms with van der Waals surface area (Å²) < 4.78 is 5.18. The van der Waals surface area contributed by atoms with Crippen molar-refractivity contribution < 1.29 is 24.2 Å². The van der Waals surface area contributed by atoms with E-state index in [2.05, 4.69) is 0 Å². The van der Waals surface area contributed by atoms with Crippen molar-refractivity contribution in [2.24, 2.45) is 0 Å². The summed E-state index contributed by atoms with van der Waals surface area (Å²) in [5, 5.41) is 9.31. The molecule has 2 amide bonds. The van der Waals surface area contributed by atoms with Crippen LogP contribution in [0.2, 0.25) is 0 Å². The number of carbonyl (C=O) groups is 3. The molecular formula is C18H20N2O5. The van der Waals surface area contributed by atoms with Crippen molar-refractivity contribution in [2.75, 3.05) is 19.8 Å². The number of ether oxygens (including phenoxy) is 1. The van der Waals surface area contributed by atoms with Crippen molar-refractivity contribution in [1.29, 1.82) is 0 Å². The van der Waals surface area contributed by atoms with Gasteiger partial charge in [0.25, 0.3) is 0 Å². The molecule has 2 atom stereocenters. The second-order valence-electron chi connectivity index (χ2n) is 6.11. The van der Waals surface area contributed by atoms with Crippen molar-refractivity contribution in [3.8, 4) is 0 Å². The Morgan fingerprint density at radius 3 is 2.76 bits per heavy atom. The van der Waals surface area contributed by atoms with E-state index in [1.165, 1.54) is 16.7 Å². The first-order valence-corrected chi connectivity index (χ1v) is 8.15. The van der Waals surface area contributed by atoms with E-state index in [9.17, 15) is 19.5 Å². The van der Waals surface area contributed by atoms with Gasteiger partial charge in [0, 0.05) is 19.7 Å². The molecule has 2 aliphatic heterocycles. The number of carbonyl (C=O) groups excluding carboxylic acids is 2. The lowest BCUT2D eigenvalue weighted by Crippen LogP contribution is -2.53. The van der Waals surface area contributed by atoms with Crippen molar-refractivity contribution >= 4 is 23.9 Å². The molecule has 1 saturated heterocycles. The number of carboxylic acid groups (broad SMARTS) is 1. The van der Waals surface area contributed by atoms with E-state index < -0.39 is 18.1 Å². The lowest BCUT2D eigenvalue weighted by atomic mass is 9.93. The lowest BCUT2D eigenvalue weighted by Gasteiger charge is -2.37. The van der Waals surface area contributed by atoms with Crippen LogP contribution >= 0.6 is 0 Å². The van der Waals surface area contributed by atoms with Gasteiger partial charge < -0.3 is 19.6 Å². The molecule has 2 heterocycles. The van der Waals surface area contributed by atoms with Gasteiger partial charge in [0.1, 0.15) is 0 Å². The number of morpholine rings is 1. The van der Waals surface area contributed by atoms with Gasteiger partial charge in [-0.1, -0.05) is 24.3 Å². The van der Waals surface area contributed by atoms with Crippen LogP contribution in [0.1, 0.15) is 30.5 Å². The third-order valence-electron chi connectivity index (χ3n) is 4.57. The maximum absolute atomic E-state index is 12.8. The first-order chi connectivity index (χ1) is 12.0. The first kappa shape index (κ1) is 17.2. The maximum Gasteiger partial charge on any atom is 0.328 e. The van der Waals surface area contributed by atoms with E-state index >= 15 is 0 Å². The molecule has 1 N–H and O–H groups in total. The van der Waals surface area contributed by atoms with Crippen LogP contribution in [0.4, 0.5) is 0 Å². The summed E-state index contributed by atoms with van der Waals surface area (Å²) in [5.74, 6) is -1.54. The molecule has 25 heavy (non-hydrogen) atoms. The first-order valence-electron chi connectivity index (χ1n) is 8.15. The topological polar surface area (TPSA) is 87.2 Å². The molecule has 7 heteroatoms. The summed E-state index contributed by atoms with van der Waals surface area (Å²) in [6, 6.07) is 6.15. The third-order valence-corrected chi connectivity index (χ3v) is 4.57. The molecular weight excluding hydrogens is 324 g/mol. The Kier molecular flexibility index (Phi) is 4.85. The highest BCUT2D eigenvalue weighted by Gasteiger charge is 2.36. The highest BCUT2D eigenvalue weighted by Crippen LogP contribution is 2.33. The van der Waals surface area contributed by atoms with Gasteiger partial charge >= 0.3 is 5.97 Å². The van der Waals surface area contributed by atoms with E-state index in [0.717, 1.165) is 11.1 Å². The molecule has 7 nitrogen and oxygen atoms in total. The van der Waals surface area contributed by atoms with Crippen LogP contribution in [0.3, 0.4) is 0 Å². The van der Waals surface area contributed by atoms with Crippen LogP contribution in [0.5, 0.6) is 0 Å². The SMILES string of the molecule is CC(=O)N1C=Cc2ccccc2[C@H]1CC(=O)N1CCOC[C@@H]1C(=O)O. The molecule has 0 unspecified atom stereocenters. The zero-order chi connectivity index (χ0) is 18.0. The molecule has 132 valence electrons. The van der Waals surface area contributed by atoms with Crippen LogP contribution in [0.25, 0.3) is 6.08 Å². The second-order valence-corrected chi connectivity index (χ2v) is 6.11. The molecule has 0 aromatic heterocycles. The fraction of sp³-hybridized carbons (Fsp3) is 0.389. The minimum absolute atomic E-state index is 0.0152. The fourth-order valence-electron chi connectivity index (χ4n) is 3.30. The number of fused-ring (bicyclic) bond motifs is 1. The quantitative estimate of drug-likeness (QED) is 0.892. The van der Waals surface area contributed by atoms with E-state index in [1.54, 1.807) is 6.20 Å². The van der Waals surface area contributed by atoms with Crippen molar-refractivity contribution in [1.82, 2.24) is 9.80 Å². The smallest absolute Gasteiger partial charge is 0.328 e. The number of carboxylic acids is 1. The van der Waals surface area contributed by atoms with Gasteiger partial charge in [-0.15, -0.1) is 0 Å². The minimum atomic E-state index is -1.08. The Balaban J connectivity index is 1.86. The van der Waals surface area contributed by atoms with E-state index in [1.807, 2.05) is 30.3 Å². The summed E-state index contributed by atoms with van der Waals surface area (Å²) in [5.41, 5.74) is 1.84. The lowest BCUT2D eigenvalue weighted by molar-refractivity contribution is -0.159. The van der Waals surface area contributed by atoms with Gasteiger partial charge in [0.05, 0.1) is 25.7 Å². The third kappa shape index (κ3) is 3.41. The molecule has 3 rings (SSSR count). The van der Waals surface area contributed by atoms with E-state index in [-0.39, 0.29) is 31.4 Å². The molecule has 1 fully saturated rings. The Labute approximate surface area is 145 Å². The predicted octanol–water partition coefficient (Wildman–Crippen LogP) is 1.26. The van der Waals surface area contributed by atoms with E-state index in [4.69, 9.17) is 4.74 Å². The standard InChI is InChI=1S/C18H20N2O5/c1-12(21)19-7-6-13-4-2-3-5-14(13)15(19)10-17(22)20-8-9-25-11-16(20)18(23)24/h2-7,15-16H,8-11H2,1H3,(H,23,24)/t15-,16-/m1/s1. The predicted molar refractivity (Wildman–Crippen MR) is 89.3 cm³/mol. The van der Waals surface area contributed by atoms with Crippen LogP contribution in [-0.2, 0) is 19.1 Å². The molecule has 0 radical (unpaired) electrons. The number of benzene rings is 1. The van der Waals surface area contributed by atoms with Gasteiger partial charge in [0.2, 0.25) is 11.8 Å². The number of hydrogen-bond acceptors (Lipinski definition) is 4. The molecule has 0 aliphatic carbocycles. The summed E-state index contributed by atoms with van der Waals surface area (Å²) in [4.78, 5) is 39.0. The maximum atomic E-state index is 12.8. The van der Waals surface area contributed by atoms with Gasteiger partial charge in [-0.2, -0.15) is 0 Å². The summed E-state index contributed by atoms with van der Waals surface area (Å²) in [6.45, 7) is 1.98. The summed E-state index contributed by atoms with van der Waals surface area (Å²) >= 11 is 0. The van der Waals surface area contributed by atoms with Gasteiger partial charge in [0.15, 0.2) is 6.04 Å². The minimum Gasteiger partial charge on any atom is -0.480 e. The Morgan fingerprint density at radius 2 is 2.04 bits per heavy atom. The van der Waals surface area contributed by atoms with Crippen LogP contribution in [0, 0.1) is 0 Å². The molecule has 0 spiro atoms. The fourth-order valence-corrected chi connectivity index (χ4v) is 3.30.